The van der Waals surface area contributed by atoms with Crippen LogP contribution < -0.4 is 5.73 Å². The van der Waals surface area contributed by atoms with Gasteiger partial charge in [-0.2, -0.15) is 0 Å². The van der Waals surface area contributed by atoms with Crippen molar-refractivity contribution in [2.24, 2.45) is 0 Å². The van der Waals surface area contributed by atoms with Gasteiger partial charge in [0.25, 0.3) is 0 Å². The Labute approximate surface area is 84.8 Å². The Kier molecular flexibility index (Phi) is 3.16. The van der Waals surface area contributed by atoms with Crippen molar-refractivity contribution >= 4 is 5.69 Å². The molecule has 0 heterocycles. The maximum absolute atomic E-state index is 9.33. The van der Waals surface area contributed by atoms with Crippen molar-refractivity contribution in [3.05, 3.63) is 28.8 Å². The number of hydrogen-bond donors (Lipinski definition) is 2. The highest BCUT2D eigenvalue weighted by atomic mass is 16.3. The zero-order valence-electron chi connectivity index (χ0n) is 8.54. The molecule has 0 fully saturated rings. The van der Waals surface area contributed by atoms with Crippen LogP contribution in [0.1, 0.15) is 23.6 Å². The largest absolute Gasteiger partial charge is 0.398 e. The van der Waals surface area contributed by atoms with E-state index in [0.29, 0.717) is 17.7 Å². The first-order valence-electron chi connectivity index (χ1n) is 4.59. The molecule has 3 N–H and O–H groups in total. The van der Waals surface area contributed by atoms with Gasteiger partial charge in [-0.3, -0.25) is 0 Å². The number of rotatable bonds is 2. The lowest BCUT2D eigenvalue weighted by molar-refractivity contribution is 0.195. The molecule has 0 amide bonds. The first-order chi connectivity index (χ1) is 6.56. The molecule has 1 rings (SSSR count). The fourth-order valence-electron chi connectivity index (χ4n) is 1.50. The van der Waals surface area contributed by atoms with Gasteiger partial charge in [0.05, 0.1) is 11.7 Å². The molecule has 0 aliphatic heterocycles. The van der Waals surface area contributed by atoms with E-state index in [1.807, 2.05) is 13.0 Å². The molecule has 1 atom stereocenters. The van der Waals surface area contributed by atoms with Crippen LogP contribution in [-0.2, 0) is 6.42 Å². The number of aryl methyl sites for hydroxylation is 1. The average Bonchev–Trinajstić information content (AvgIpc) is 2.11. The predicted molar refractivity (Wildman–Crippen MR) is 58.9 cm³/mol. The van der Waals surface area contributed by atoms with Crippen LogP contribution in [0.25, 0.3) is 0 Å². The fraction of sp³-hybridized carbons (Fsp3) is 0.333. The highest BCUT2D eigenvalue weighted by Gasteiger charge is 2.09. The second kappa shape index (κ2) is 4.17. The van der Waals surface area contributed by atoms with Crippen molar-refractivity contribution in [2.75, 3.05) is 5.73 Å². The van der Waals surface area contributed by atoms with Crippen LogP contribution in [-0.4, -0.2) is 11.2 Å². The second-order valence-corrected chi connectivity index (χ2v) is 3.52. The summed E-state index contributed by atoms with van der Waals surface area (Å²) in [7, 11) is 0. The normalized spacial score (nSPS) is 12.1. The highest BCUT2D eigenvalue weighted by molar-refractivity contribution is 5.61. The summed E-state index contributed by atoms with van der Waals surface area (Å²) >= 11 is 0. The molecule has 0 aliphatic carbocycles. The van der Waals surface area contributed by atoms with Crippen LogP contribution in [0.2, 0.25) is 0 Å². The lowest BCUT2D eigenvalue weighted by Crippen LogP contribution is -2.09. The fourth-order valence-corrected chi connectivity index (χ4v) is 1.50. The van der Waals surface area contributed by atoms with E-state index in [2.05, 4.69) is 5.92 Å². The second-order valence-electron chi connectivity index (χ2n) is 3.52. The lowest BCUT2D eigenvalue weighted by atomic mass is 9.96. The number of benzene rings is 1. The average molecular weight is 189 g/mol. The zero-order chi connectivity index (χ0) is 10.7. The van der Waals surface area contributed by atoms with E-state index in [9.17, 15) is 5.11 Å². The van der Waals surface area contributed by atoms with E-state index >= 15 is 0 Å². The summed E-state index contributed by atoms with van der Waals surface area (Å²) in [6.07, 6.45) is 5.54. The molecule has 0 bridgehead atoms. The topological polar surface area (TPSA) is 46.2 Å². The van der Waals surface area contributed by atoms with Gasteiger partial charge in [0.2, 0.25) is 0 Å². The molecule has 1 aromatic rings. The third-order valence-corrected chi connectivity index (χ3v) is 2.22. The van der Waals surface area contributed by atoms with Crippen molar-refractivity contribution < 1.29 is 5.11 Å². The monoisotopic (exact) mass is 189 g/mol. The SMILES string of the molecule is C#Cc1c(N)ccc(C)c1CC(C)O. The number of aliphatic hydroxyl groups excluding tert-OH is 1. The smallest absolute Gasteiger partial charge is 0.0553 e. The van der Waals surface area contributed by atoms with Gasteiger partial charge in [-0.05, 0) is 37.5 Å². The molecular formula is C12H15NO. The van der Waals surface area contributed by atoms with Crippen LogP contribution in [0.4, 0.5) is 5.69 Å². The number of anilines is 1. The minimum atomic E-state index is -0.400. The number of terminal acetylenes is 1. The van der Waals surface area contributed by atoms with Crippen molar-refractivity contribution in [1.29, 1.82) is 0 Å². The minimum absolute atomic E-state index is 0.400. The standard InChI is InChI=1S/C12H15NO/c1-4-10-11(7-9(3)14)8(2)5-6-12(10)13/h1,5-6,9,14H,7,13H2,2-3H3. The molecule has 0 aliphatic rings. The molecule has 2 heteroatoms. The molecule has 14 heavy (non-hydrogen) atoms. The molecule has 74 valence electrons. The molecule has 1 aromatic carbocycles. The number of aliphatic hydroxyl groups is 1. The Hall–Kier alpha value is -1.46. The van der Waals surface area contributed by atoms with Crippen LogP contribution >= 0.6 is 0 Å². The number of nitrogens with two attached hydrogens (primary N) is 1. The van der Waals surface area contributed by atoms with Crippen molar-refractivity contribution in [1.82, 2.24) is 0 Å². The summed E-state index contributed by atoms with van der Waals surface area (Å²) in [6.45, 7) is 3.71. The van der Waals surface area contributed by atoms with Gasteiger partial charge in [0, 0.05) is 5.69 Å². The van der Waals surface area contributed by atoms with Crippen molar-refractivity contribution in [3.8, 4) is 12.3 Å². The van der Waals surface area contributed by atoms with Gasteiger partial charge in [0.15, 0.2) is 0 Å². The van der Waals surface area contributed by atoms with E-state index in [1.54, 1.807) is 13.0 Å². The molecular weight excluding hydrogens is 174 g/mol. The summed E-state index contributed by atoms with van der Waals surface area (Å²) in [5.41, 5.74) is 9.12. The van der Waals surface area contributed by atoms with Gasteiger partial charge in [-0.25, -0.2) is 0 Å². The van der Waals surface area contributed by atoms with E-state index in [1.165, 1.54) is 0 Å². The molecule has 0 saturated heterocycles. The summed E-state index contributed by atoms with van der Waals surface area (Å²) in [5.74, 6) is 2.57. The van der Waals surface area contributed by atoms with Gasteiger partial charge in [-0.1, -0.05) is 12.0 Å². The van der Waals surface area contributed by atoms with E-state index in [4.69, 9.17) is 12.2 Å². The molecule has 0 spiro atoms. The maximum atomic E-state index is 9.33. The maximum Gasteiger partial charge on any atom is 0.0553 e. The Bertz CT molecular complexity index is 375. The molecule has 1 unspecified atom stereocenters. The van der Waals surface area contributed by atoms with Gasteiger partial charge in [0.1, 0.15) is 0 Å². The van der Waals surface area contributed by atoms with E-state index in [-0.39, 0.29) is 0 Å². The third-order valence-electron chi connectivity index (χ3n) is 2.22. The molecule has 0 radical (unpaired) electrons. The minimum Gasteiger partial charge on any atom is -0.398 e. The van der Waals surface area contributed by atoms with Crippen molar-refractivity contribution in [3.63, 3.8) is 0 Å². The van der Waals surface area contributed by atoms with Crippen LogP contribution in [0.5, 0.6) is 0 Å². The van der Waals surface area contributed by atoms with Gasteiger partial charge >= 0.3 is 0 Å². The Balaban J connectivity index is 3.25. The first kappa shape index (κ1) is 10.6. The number of hydrogen-bond acceptors (Lipinski definition) is 2. The predicted octanol–water partition coefficient (Wildman–Crippen LogP) is 1.48. The quantitative estimate of drug-likeness (QED) is 0.547. The van der Waals surface area contributed by atoms with Crippen LogP contribution in [0.3, 0.4) is 0 Å². The molecule has 0 saturated carbocycles. The lowest BCUT2D eigenvalue weighted by Gasteiger charge is -2.12. The summed E-state index contributed by atoms with van der Waals surface area (Å²) < 4.78 is 0. The summed E-state index contributed by atoms with van der Waals surface area (Å²) in [6, 6.07) is 3.73. The Morgan fingerprint density at radius 1 is 1.57 bits per heavy atom. The number of nitrogen functional groups attached to an aromatic ring is 1. The van der Waals surface area contributed by atoms with Crippen molar-refractivity contribution in [2.45, 2.75) is 26.4 Å². The zero-order valence-corrected chi connectivity index (χ0v) is 8.54. The molecule has 0 aromatic heterocycles. The molecule has 2 nitrogen and oxygen atoms in total. The van der Waals surface area contributed by atoms with E-state index in [0.717, 1.165) is 11.1 Å². The Morgan fingerprint density at radius 3 is 2.71 bits per heavy atom. The third kappa shape index (κ3) is 2.07. The Morgan fingerprint density at radius 2 is 2.21 bits per heavy atom. The first-order valence-corrected chi connectivity index (χ1v) is 4.59. The highest BCUT2D eigenvalue weighted by Crippen LogP contribution is 2.21. The van der Waals surface area contributed by atoms with Gasteiger partial charge in [-0.15, -0.1) is 6.42 Å². The van der Waals surface area contributed by atoms with Gasteiger partial charge < -0.3 is 10.8 Å². The van der Waals surface area contributed by atoms with Crippen LogP contribution in [0, 0.1) is 19.3 Å². The summed E-state index contributed by atoms with van der Waals surface area (Å²) in [5, 5.41) is 9.33. The van der Waals surface area contributed by atoms with Crippen LogP contribution in [0.15, 0.2) is 12.1 Å². The van der Waals surface area contributed by atoms with E-state index < -0.39 is 6.10 Å². The summed E-state index contributed by atoms with van der Waals surface area (Å²) in [4.78, 5) is 0.